The summed E-state index contributed by atoms with van der Waals surface area (Å²) in [5.41, 5.74) is 17.6. The van der Waals surface area contributed by atoms with Gasteiger partial charge in [-0.15, -0.1) is 0 Å². The number of hydrogen-bond acceptors (Lipinski definition) is 1. The molecule has 61 heavy (non-hydrogen) atoms. The zero-order chi connectivity index (χ0) is 40.4. The smallest absolute Gasteiger partial charge is 0.0734 e. The molecule has 0 atom stereocenters. The highest BCUT2D eigenvalue weighted by Gasteiger charge is 2.49. The number of rotatable bonds is 7. The fourth-order valence-electron chi connectivity index (χ4n) is 11.1. The van der Waals surface area contributed by atoms with Crippen LogP contribution in [0.2, 0.25) is 0 Å². The Morgan fingerprint density at radius 3 is 1.25 bits per heavy atom. The summed E-state index contributed by atoms with van der Waals surface area (Å²) in [5.74, 6) is 0. The highest BCUT2D eigenvalue weighted by atomic mass is 15.1. The van der Waals surface area contributed by atoms with Crippen molar-refractivity contribution >= 4 is 27.8 Å². The second-order valence-corrected chi connectivity index (χ2v) is 16.3. The molecular weight excluding hydrogens is 735 g/mol. The van der Waals surface area contributed by atoms with Crippen molar-refractivity contribution in [3.05, 3.63) is 293 Å². The van der Waals surface area contributed by atoms with Crippen LogP contribution >= 0.6 is 0 Å². The summed E-state index contributed by atoms with van der Waals surface area (Å²) < 4.78 is 0. The quantitative estimate of drug-likeness (QED) is 0.156. The number of hydrogen-bond donors (Lipinski definition) is 0. The summed E-state index contributed by atoms with van der Waals surface area (Å²) in [6.45, 7) is 0. The first-order valence-corrected chi connectivity index (χ1v) is 21.3. The Morgan fingerprint density at radius 2 is 0.656 bits per heavy atom. The first-order valence-electron chi connectivity index (χ1n) is 21.3. The van der Waals surface area contributed by atoms with Crippen molar-refractivity contribution in [1.82, 2.24) is 0 Å². The third-order valence-electron chi connectivity index (χ3n) is 13.4. The first kappa shape index (κ1) is 35.2. The molecule has 1 nitrogen and oxygen atoms in total. The molecule has 0 heterocycles. The zero-order valence-corrected chi connectivity index (χ0v) is 33.6. The lowest BCUT2D eigenvalue weighted by Gasteiger charge is -2.38. The molecule has 0 N–H and O–H groups in total. The minimum Gasteiger partial charge on any atom is -0.310 e. The van der Waals surface area contributed by atoms with Crippen LogP contribution in [0.1, 0.15) is 44.5 Å². The molecule has 2 aliphatic rings. The van der Waals surface area contributed by atoms with E-state index in [0.717, 1.165) is 17.1 Å². The van der Waals surface area contributed by atoms with Gasteiger partial charge in [0.15, 0.2) is 0 Å². The lowest BCUT2D eigenvalue weighted by Crippen LogP contribution is -2.30. The van der Waals surface area contributed by atoms with E-state index in [4.69, 9.17) is 0 Å². The molecule has 2 aliphatic carbocycles. The molecule has 0 saturated carbocycles. The van der Waals surface area contributed by atoms with Crippen molar-refractivity contribution in [2.45, 2.75) is 10.8 Å². The predicted octanol–water partition coefficient (Wildman–Crippen LogP) is 15.0. The van der Waals surface area contributed by atoms with E-state index in [1.165, 1.54) is 77.5 Å². The molecule has 12 rings (SSSR count). The molecule has 0 bridgehead atoms. The molecule has 286 valence electrons. The third-order valence-corrected chi connectivity index (χ3v) is 13.4. The van der Waals surface area contributed by atoms with Crippen LogP contribution in [0.25, 0.3) is 33.0 Å². The van der Waals surface area contributed by atoms with E-state index >= 15 is 0 Å². The largest absolute Gasteiger partial charge is 0.310 e. The lowest BCUT2D eigenvalue weighted by atomic mass is 9.67. The maximum absolute atomic E-state index is 2.53. The van der Waals surface area contributed by atoms with E-state index in [1.807, 2.05) is 0 Å². The number of benzene rings is 10. The van der Waals surface area contributed by atoms with Crippen molar-refractivity contribution in [2.75, 3.05) is 4.90 Å². The van der Waals surface area contributed by atoms with Gasteiger partial charge in [-0.3, -0.25) is 0 Å². The predicted molar refractivity (Wildman–Crippen MR) is 253 cm³/mol. The molecule has 0 saturated heterocycles. The zero-order valence-electron chi connectivity index (χ0n) is 33.6. The Bertz CT molecular complexity index is 3150. The summed E-state index contributed by atoms with van der Waals surface area (Å²) >= 11 is 0. The van der Waals surface area contributed by atoms with Gasteiger partial charge in [0.1, 0.15) is 0 Å². The highest BCUT2D eigenvalue weighted by Crippen LogP contribution is 2.61. The molecule has 0 amide bonds. The van der Waals surface area contributed by atoms with Gasteiger partial charge in [0.05, 0.1) is 22.2 Å². The van der Waals surface area contributed by atoms with Crippen LogP contribution < -0.4 is 4.90 Å². The van der Waals surface area contributed by atoms with E-state index in [1.54, 1.807) is 0 Å². The fraction of sp³-hybridized carbons (Fsp3) is 0.0333. The molecule has 0 aromatic heterocycles. The van der Waals surface area contributed by atoms with Crippen LogP contribution in [-0.2, 0) is 10.8 Å². The van der Waals surface area contributed by atoms with Gasteiger partial charge in [-0.05, 0) is 90.8 Å². The van der Waals surface area contributed by atoms with E-state index in [-0.39, 0.29) is 0 Å². The Balaban J connectivity index is 1.15. The fourth-order valence-corrected chi connectivity index (χ4v) is 11.1. The van der Waals surface area contributed by atoms with Gasteiger partial charge in [0.25, 0.3) is 0 Å². The average molecular weight is 776 g/mol. The van der Waals surface area contributed by atoms with Crippen LogP contribution in [0.3, 0.4) is 0 Å². The number of nitrogens with zero attached hydrogens (tertiary/aromatic N) is 1. The van der Waals surface area contributed by atoms with Gasteiger partial charge in [-0.25, -0.2) is 0 Å². The van der Waals surface area contributed by atoms with E-state index in [0.29, 0.717) is 0 Å². The monoisotopic (exact) mass is 775 g/mol. The second kappa shape index (κ2) is 13.9. The lowest BCUT2D eigenvalue weighted by molar-refractivity contribution is 0.766. The molecule has 10 aromatic rings. The van der Waals surface area contributed by atoms with Crippen LogP contribution in [0.5, 0.6) is 0 Å². The first-order chi connectivity index (χ1) is 30.3. The second-order valence-electron chi connectivity index (χ2n) is 16.3. The standard InChI is InChI=1S/C60H41N/c1-4-22-43(23-5-1)59(53-33-15-12-29-49(53)50-30-13-16-34-54(50)59)46-38-40-47(41-39-46)61(56-36-18-21-42-20-10-11-28-48(42)56)57-37-19-32-52-51-31-14-17-35-55(51)60(58(52)57,44-24-6-2-7-25-44)45-26-8-3-9-27-45/h1-41H. The summed E-state index contributed by atoms with van der Waals surface area (Å²) in [7, 11) is 0. The maximum atomic E-state index is 2.53. The van der Waals surface area contributed by atoms with E-state index in [9.17, 15) is 0 Å². The number of anilines is 3. The van der Waals surface area contributed by atoms with Crippen LogP contribution in [0.4, 0.5) is 17.1 Å². The van der Waals surface area contributed by atoms with Crippen molar-refractivity contribution in [1.29, 1.82) is 0 Å². The molecule has 0 radical (unpaired) electrons. The molecule has 0 fully saturated rings. The van der Waals surface area contributed by atoms with Crippen LogP contribution in [0.15, 0.2) is 249 Å². The van der Waals surface area contributed by atoms with Crippen LogP contribution in [0, 0.1) is 0 Å². The van der Waals surface area contributed by atoms with Gasteiger partial charge in [-0.2, -0.15) is 0 Å². The Kier molecular flexibility index (Phi) is 8.05. The maximum Gasteiger partial charge on any atom is 0.0734 e. The molecular formula is C60H41N. The van der Waals surface area contributed by atoms with E-state index < -0.39 is 10.8 Å². The molecule has 0 unspecified atom stereocenters. The van der Waals surface area contributed by atoms with Crippen LogP contribution in [-0.4, -0.2) is 0 Å². The van der Waals surface area contributed by atoms with Gasteiger partial charge in [0, 0.05) is 16.6 Å². The number of fused-ring (bicyclic) bond motifs is 7. The van der Waals surface area contributed by atoms with Gasteiger partial charge < -0.3 is 4.90 Å². The van der Waals surface area contributed by atoms with Crippen molar-refractivity contribution in [3.63, 3.8) is 0 Å². The minimum atomic E-state index is -0.581. The Hall–Kier alpha value is -7.74. The van der Waals surface area contributed by atoms with E-state index in [2.05, 4.69) is 254 Å². The summed E-state index contributed by atoms with van der Waals surface area (Å²) in [6, 6.07) is 92.3. The summed E-state index contributed by atoms with van der Waals surface area (Å²) in [5, 5.41) is 2.41. The normalized spacial score (nSPS) is 13.8. The van der Waals surface area contributed by atoms with Gasteiger partial charge >= 0.3 is 0 Å². The SMILES string of the molecule is c1ccc(C2(c3ccc(N(c4cccc5c4C(c4ccccc4)(c4ccccc4)c4ccccc4-5)c4cccc5ccccc45)cc3)c3ccccc3-c3ccccc32)cc1. The van der Waals surface area contributed by atoms with Gasteiger partial charge in [-0.1, -0.05) is 224 Å². The van der Waals surface area contributed by atoms with Crippen molar-refractivity contribution in [2.24, 2.45) is 0 Å². The molecule has 1 heteroatoms. The van der Waals surface area contributed by atoms with Gasteiger partial charge in [0.2, 0.25) is 0 Å². The topological polar surface area (TPSA) is 3.24 Å². The minimum absolute atomic E-state index is 0.483. The molecule has 0 spiro atoms. The molecule has 0 aliphatic heterocycles. The average Bonchev–Trinajstić information content (AvgIpc) is 3.82. The molecule has 10 aromatic carbocycles. The summed E-state index contributed by atoms with van der Waals surface area (Å²) in [6.07, 6.45) is 0. The highest BCUT2D eigenvalue weighted by molar-refractivity contribution is 6.02. The Labute approximate surface area is 357 Å². The Morgan fingerprint density at radius 1 is 0.262 bits per heavy atom. The summed E-state index contributed by atoms with van der Waals surface area (Å²) in [4.78, 5) is 2.53. The third kappa shape index (κ3) is 5.01. The van der Waals surface area contributed by atoms with Crippen molar-refractivity contribution in [3.8, 4) is 22.3 Å². The van der Waals surface area contributed by atoms with Crippen molar-refractivity contribution < 1.29 is 0 Å².